The fourth-order valence-electron chi connectivity index (χ4n) is 1.52. The summed E-state index contributed by atoms with van der Waals surface area (Å²) in [6, 6.07) is 0. The Morgan fingerprint density at radius 2 is 2.00 bits per heavy atom. The molecule has 4 heteroatoms. The summed E-state index contributed by atoms with van der Waals surface area (Å²) < 4.78 is 26.1. The highest BCUT2D eigenvalue weighted by atomic mass is 31.2. The van der Waals surface area contributed by atoms with Crippen molar-refractivity contribution in [2.24, 2.45) is 5.92 Å². The van der Waals surface area contributed by atoms with Crippen LogP contribution in [0.3, 0.4) is 0 Å². The molecular formula is C7H13FO2P+. The fraction of sp³-hybridized carbons (Fsp3) is 1.00. The smallest absolute Gasteiger partial charge is 0.115 e. The number of halogens is 1. The van der Waals surface area contributed by atoms with E-state index < -0.39 is 8.34 Å². The third kappa shape index (κ3) is 3.78. The first kappa shape index (κ1) is 9.08. The second-order valence-corrected chi connectivity index (χ2v) is 3.70. The van der Waals surface area contributed by atoms with Crippen LogP contribution in [0.2, 0.25) is 0 Å². The van der Waals surface area contributed by atoms with Crippen molar-refractivity contribution in [1.82, 2.24) is 0 Å². The van der Waals surface area contributed by atoms with Crippen LogP contribution in [-0.2, 0) is 9.09 Å². The molecule has 11 heavy (non-hydrogen) atoms. The van der Waals surface area contributed by atoms with E-state index in [4.69, 9.17) is 0 Å². The summed E-state index contributed by atoms with van der Waals surface area (Å²) in [5, 5.41) is 0. The van der Waals surface area contributed by atoms with E-state index >= 15 is 0 Å². The first-order valence-electron chi connectivity index (χ1n) is 4.05. The van der Waals surface area contributed by atoms with Gasteiger partial charge in [0.05, 0.1) is 4.20 Å². The van der Waals surface area contributed by atoms with Crippen LogP contribution in [-0.4, -0.2) is 6.61 Å². The Labute approximate surface area is 67.1 Å². The van der Waals surface area contributed by atoms with Crippen molar-refractivity contribution >= 4 is 8.34 Å². The maximum atomic E-state index is 11.7. The normalized spacial score (nSPS) is 21.7. The fourth-order valence-corrected chi connectivity index (χ4v) is 1.85. The Balaban J connectivity index is 2.09. The van der Waals surface area contributed by atoms with Crippen molar-refractivity contribution < 1.29 is 13.3 Å². The van der Waals surface area contributed by atoms with Gasteiger partial charge in [-0.05, 0) is 18.8 Å². The maximum Gasteiger partial charge on any atom is 0.746 e. The molecule has 0 aromatic rings. The van der Waals surface area contributed by atoms with Crippen LogP contribution < -0.4 is 0 Å². The first-order chi connectivity index (χ1) is 5.29. The molecule has 1 aliphatic carbocycles. The summed E-state index contributed by atoms with van der Waals surface area (Å²) in [6.07, 6.45) is 5.89. The van der Waals surface area contributed by atoms with Crippen molar-refractivity contribution in [3.8, 4) is 0 Å². The Hall–Kier alpha value is -0.0100. The summed E-state index contributed by atoms with van der Waals surface area (Å²) >= 11 is 0. The third-order valence-electron chi connectivity index (χ3n) is 2.14. The Kier molecular flexibility index (Phi) is 3.95. The molecule has 1 unspecified atom stereocenters. The topological polar surface area (TPSA) is 26.3 Å². The highest BCUT2D eigenvalue weighted by molar-refractivity contribution is 7.32. The molecule has 0 heterocycles. The van der Waals surface area contributed by atoms with Crippen molar-refractivity contribution in [3.63, 3.8) is 0 Å². The van der Waals surface area contributed by atoms with Crippen LogP contribution in [0, 0.1) is 5.92 Å². The van der Waals surface area contributed by atoms with Crippen molar-refractivity contribution in [2.75, 3.05) is 6.61 Å². The summed E-state index contributed by atoms with van der Waals surface area (Å²) in [7, 11) is -2.88. The SMILES string of the molecule is O=[P+](F)OCC1CCCCC1. The van der Waals surface area contributed by atoms with Gasteiger partial charge in [0.1, 0.15) is 6.61 Å². The number of rotatable bonds is 3. The summed E-state index contributed by atoms with van der Waals surface area (Å²) in [4.78, 5) is 0. The van der Waals surface area contributed by atoms with Crippen LogP contribution in [0.1, 0.15) is 32.1 Å². The highest BCUT2D eigenvalue weighted by Gasteiger charge is 2.21. The minimum absolute atomic E-state index is 0.339. The molecule has 0 N–H and O–H groups in total. The minimum atomic E-state index is -2.88. The molecule has 0 spiro atoms. The monoisotopic (exact) mass is 179 g/mol. The van der Waals surface area contributed by atoms with Gasteiger partial charge in [0, 0.05) is 4.57 Å². The largest absolute Gasteiger partial charge is 0.746 e. The summed E-state index contributed by atoms with van der Waals surface area (Å²) in [5.41, 5.74) is 0. The van der Waals surface area contributed by atoms with Crippen LogP contribution >= 0.6 is 8.34 Å². The Bertz CT molecular complexity index is 134. The molecule has 0 amide bonds. The van der Waals surface area contributed by atoms with Gasteiger partial charge in [0.25, 0.3) is 0 Å². The van der Waals surface area contributed by atoms with Crippen molar-refractivity contribution in [1.29, 1.82) is 0 Å². The second kappa shape index (κ2) is 4.78. The molecule has 0 radical (unpaired) electrons. The molecule has 0 bridgehead atoms. The zero-order valence-corrected chi connectivity index (χ0v) is 7.36. The lowest BCUT2D eigenvalue weighted by molar-refractivity contribution is 0.208. The van der Waals surface area contributed by atoms with Gasteiger partial charge >= 0.3 is 8.34 Å². The predicted octanol–water partition coefficient (Wildman–Crippen LogP) is 3.21. The number of hydrogen-bond donors (Lipinski definition) is 0. The molecule has 1 saturated carbocycles. The average Bonchev–Trinajstić information content (AvgIpc) is 2.03. The highest BCUT2D eigenvalue weighted by Crippen LogP contribution is 2.29. The lowest BCUT2D eigenvalue weighted by Gasteiger charge is -2.17. The van der Waals surface area contributed by atoms with Gasteiger partial charge in [0.2, 0.25) is 0 Å². The van der Waals surface area contributed by atoms with E-state index in [9.17, 15) is 8.76 Å². The molecule has 0 saturated heterocycles. The molecule has 1 aliphatic rings. The van der Waals surface area contributed by atoms with Crippen molar-refractivity contribution in [2.45, 2.75) is 32.1 Å². The lowest BCUT2D eigenvalue weighted by atomic mass is 9.90. The molecule has 0 aromatic heterocycles. The van der Waals surface area contributed by atoms with Gasteiger partial charge in [-0.25, -0.2) is 0 Å². The zero-order chi connectivity index (χ0) is 8.10. The molecule has 0 aliphatic heterocycles. The quantitative estimate of drug-likeness (QED) is 0.622. The zero-order valence-electron chi connectivity index (χ0n) is 6.46. The van der Waals surface area contributed by atoms with Gasteiger partial charge < -0.3 is 0 Å². The van der Waals surface area contributed by atoms with Gasteiger partial charge in [0.15, 0.2) is 0 Å². The third-order valence-corrected chi connectivity index (χ3v) is 2.49. The molecule has 1 rings (SSSR count). The average molecular weight is 179 g/mol. The van der Waals surface area contributed by atoms with Gasteiger partial charge in [-0.15, -0.1) is 4.52 Å². The van der Waals surface area contributed by atoms with E-state index in [2.05, 4.69) is 4.52 Å². The first-order valence-corrected chi connectivity index (χ1v) is 5.12. The number of hydrogen-bond acceptors (Lipinski definition) is 2. The van der Waals surface area contributed by atoms with Gasteiger partial charge in [-0.3, -0.25) is 0 Å². The van der Waals surface area contributed by atoms with Gasteiger partial charge in [-0.1, -0.05) is 19.3 Å². The predicted molar refractivity (Wildman–Crippen MR) is 41.2 cm³/mol. The Morgan fingerprint density at radius 1 is 1.36 bits per heavy atom. The van der Waals surface area contributed by atoms with E-state index in [0.717, 1.165) is 12.8 Å². The maximum absolute atomic E-state index is 11.7. The van der Waals surface area contributed by atoms with E-state index in [1.165, 1.54) is 19.3 Å². The van der Waals surface area contributed by atoms with Gasteiger partial charge in [-0.2, -0.15) is 0 Å². The molecule has 0 aromatic carbocycles. The molecule has 1 atom stereocenters. The van der Waals surface area contributed by atoms with Crippen LogP contribution in [0.5, 0.6) is 0 Å². The molecule has 64 valence electrons. The summed E-state index contributed by atoms with van der Waals surface area (Å²) in [6.45, 7) is 0.339. The molecule has 2 nitrogen and oxygen atoms in total. The van der Waals surface area contributed by atoms with Crippen LogP contribution in [0.25, 0.3) is 0 Å². The lowest BCUT2D eigenvalue weighted by Crippen LogP contribution is -2.10. The van der Waals surface area contributed by atoms with E-state index in [1.807, 2.05) is 0 Å². The van der Waals surface area contributed by atoms with Crippen LogP contribution in [0.15, 0.2) is 0 Å². The van der Waals surface area contributed by atoms with E-state index in [1.54, 1.807) is 0 Å². The van der Waals surface area contributed by atoms with Crippen LogP contribution in [0.4, 0.5) is 4.20 Å². The minimum Gasteiger partial charge on any atom is -0.115 e. The van der Waals surface area contributed by atoms with E-state index in [0.29, 0.717) is 12.5 Å². The standard InChI is InChI=1S/C7H13FO2P/c8-11(9)10-6-7-4-2-1-3-5-7/h7H,1-6H2/q+1. The summed E-state index contributed by atoms with van der Waals surface area (Å²) in [5.74, 6) is 0.443. The molecule has 1 fully saturated rings. The van der Waals surface area contributed by atoms with Crippen molar-refractivity contribution in [3.05, 3.63) is 0 Å². The molecular weight excluding hydrogens is 166 g/mol. The Morgan fingerprint density at radius 3 is 2.55 bits per heavy atom. The second-order valence-electron chi connectivity index (χ2n) is 3.01. The van der Waals surface area contributed by atoms with E-state index in [-0.39, 0.29) is 0 Å².